The van der Waals surface area contributed by atoms with E-state index in [1.165, 1.54) is 11.8 Å². The zero-order valence-electron chi connectivity index (χ0n) is 17.3. The van der Waals surface area contributed by atoms with Gasteiger partial charge in [-0.05, 0) is 19.4 Å². The highest BCUT2D eigenvalue weighted by molar-refractivity contribution is 7.92. The molecule has 2 atom stereocenters. The van der Waals surface area contributed by atoms with Crippen molar-refractivity contribution in [2.24, 2.45) is 4.99 Å². The summed E-state index contributed by atoms with van der Waals surface area (Å²) in [5.74, 6) is 0.731. The molecule has 3 rings (SSSR count). The van der Waals surface area contributed by atoms with Gasteiger partial charge in [0.25, 0.3) is 0 Å². The minimum absolute atomic E-state index is 0.138. The number of guanidine groups is 1. The van der Waals surface area contributed by atoms with Crippen LogP contribution in [0.1, 0.15) is 19.4 Å². The van der Waals surface area contributed by atoms with Crippen LogP contribution in [0.25, 0.3) is 0 Å². The van der Waals surface area contributed by atoms with Gasteiger partial charge in [0.1, 0.15) is 0 Å². The highest BCUT2D eigenvalue weighted by Gasteiger charge is 2.41. The summed E-state index contributed by atoms with van der Waals surface area (Å²) in [6.45, 7) is 7.91. The molecule has 1 aromatic carbocycles. The van der Waals surface area contributed by atoms with Crippen molar-refractivity contribution in [3.63, 3.8) is 0 Å². The van der Waals surface area contributed by atoms with E-state index in [0.717, 1.165) is 38.7 Å². The Labute approximate surface area is 168 Å². The molecule has 2 aliphatic heterocycles. The SMILES string of the molecule is CN=C(NCC(C)(C)S(C)(=O)=O)N1CC2OCCN(Cc3ccccc3)C2C1. The number of fused-ring (bicyclic) bond motifs is 1. The molecule has 156 valence electrons. The van der Waals surface area contributed by atoms with E-state index in [4.69, 9.17) is 4.74 Å². The summed E-state index contributed by atoms with van der Waals surface area (Å²) in [5, 5.41) is 3.26. The predicted molar refractivity (Wildman–Crippen MR) is 112 cm³/mol. The molecule has 1 aromatic rings. The van der Waals surface area contributed by atoms with Gasteiger partial charge in [-0.2, -0.15) is 0 Å². The number of hydrogen-bond acceptors (Lipinski definition) is 5. The molecule has 0 radical (unpaired) electrons. The van der Waals surface area contributed by atoms with Crippen LogP contribution in [-0.2, 0) is 21.1 Å². The standard InChI is InChI=1S/C20H32N4O3S/c1-20(2,28(4,25)26)15-22-19(21-3)24-13-17-18(14-24)27-11-10-23(17)12-16-8-6-5-7-9-16/h5-9,17-18H,10-15H2,1-4H3,(H,21,22). The van der Waals surface area contributed by atoms with Crippen molar-refractivity contribution in [3.05, 3.63) is 35.9 Å². The lowest BCUT2D eigenvalue weighted by molar-refractivity contribution is -0.0502. The molecule has 2 saturated heterocycles. The zero-order chi connectivity index (χ0) is 20.4. The van der Waals surface area contributed by atoms with Gasteiger partial charge < -0.3 is 15.0 Å². The van der Waals surface area contributed by atoms with Crippen LogP contribution in [0.3, 0.4) is 0 Å². The number of ether oxygens (including phenoxy) is 1. The molecule has 2 aliphatic rings. The molecule has 28 heavy (non-hydrogen) atoms. The average molecular weight is 409 g/mol. The topological polar surface area (TPSA) is 74.2 Å². The fourth-order valence-electron chi connectivity index (χ4n) is 3.70. The van der Waals surface area contributed by atoms with Crippen LogP contribution in [0.4, 0.5) is 0 Å². The maximum absolute atomic E-state index is 12.0. The Hall–Kier alpha value is -1.64. The van der Waals surface area contributed by atoms with Crippen LogP contribution in [0.5, 0.6) is 0 Å². The number of rotatable bonds is 5. The van der Waals surface area contributed by atoms with E-state index in [1.54, 1.807) is 20.9 Å². The van der Waals surface area contributed by atoms with Gasteiger partial charge in [-0.1, -0.05) is 30.3 Å². The van der Waals surface area contributed by atoms with Crippen LogP contribution in [0.2, 0.25) is 0 Å². The van der Waals surface area contributed by atoms with Crippen LogP contribution in [0.15, 0.2) is 35.3 Å². The molecule has 8 heteroatoms. The summed E-state index contributed by atoms with van der Waals surface area (Å²) in [6, 6.07) is 10.8. The van der Waals surface area contributed by atoms with E-state index in [1.807, 2.05) is 6.07 Å². The minimum atomic E-state index is -3.16. The van der Waals surface area contributed by atoms with Crippen molar-refractivity contribution in [2.75, 3.05) is 46.1 Å². The second kappa shape index (κ2) is 8.39. The first-order valence-electron chi connectivity index (χ1n) is 9.76. The third-order valence-corrected chi connectivity index (χ3v) is 7.98. The van der Waals surface area contributed by atoms with E-state index in [9.17, 15) is 8.42 Å². The molecule has 0 spiro atoms. The van der Waals surface area contributed by atoms with Gasteiger partial charge in [0, 0.05) is 46.0 Å². The largest absolute Gasteiger partial charge is 0.373 e. The van der Waals surface area contributed by atoms with Crippen LogP contribution in [-0.4, -0.2) is 87.2 Å². The summed E-state index contributed by atoms with van der Waals surface area (Å²) in [5.41, 5.74) is 1.30. The number of sulfone groups is 1. The molecule has 0 saturated carbocycles. The number of aliphatic imine (C=N–C) groups is 1. The molecule has 0 bridgehead atoms. The lowest BCUT2D eigenvalue weighted by atomic mass is 10.1. The molecule has 0 amide bonds. The summed E-state index contributed by atoms with van der Waals surface area (Å²) >= 11 is 0. The lowest BCUT2D eigenvalue weighted by Gasteiger charge is -2.36. The number of nitrogens with one attached hydrogen (secondary N) is 1. The summed E-state index contributed by atoms with van der Waals surface area (Å²) < 4.78 is 29.1. The Bertz CT molecular complexity index is 795. The molecule has 0 aliphatic carbocycles. The second-order valence-electron chi connectivity index (χ2n) is 8.27. The number of morpholine rings is 1. The number of nitrogens with zero attached hydrogens (tertiary/aromatic N) is 3. The van der Waals surface area contributed by atoms with Gasteiger partial charge >= 0.3 is 0 Å². The van der Waals surface area contributed by atoms with Crippen molar-refractivity contribution in [1.29, 1.82) is 0 Å². The van der Waals surface area contributed by atoms with E-state index in [0.29, 0.717) is 12.6 Å². The second-order valence-corrected chi connectivity index (χ2v) is 10.9. The molecule has 2 fully saturated rings. The van der Waals surface area contributed by atoms with Gasteiger partial charge in [0.2, 0.25) is 0 Å². The van der Waals surface area contributed by atoms with Crippen molar-refractivity contribution in [3.8, 4) is 0 Å². The highest BCUT2D eigenvalue weighted by atomic mass is 32.2. The Morgan fingerprint density at radius 2 is 2.00 bits per heavy atom. The van der Waals surface area contributed by atoms with Crippen molar-refractivity contribution < 1.29 is 13.2 Å². The van der Waals surface area contributed by atoms with Crippen LogP contribution in [0, 0.1) is 0 Å². The van der Waals surface area contributed by atoms with Crippen molar-refractivity contribution in [2.45, 2.75) is 37.3 Å². The Balaban J connectivity index is 1.64. The van der Waals surface area contributed by atoms with Crippen molar-refractivity contribution in [1.82, 2.24) is 15.1 Å². The molecule has 7 nitrogen and oxygen atoms in total. The van der Waals surface area contributed by atoms with E-state index < -0.39 is 14.6 Å². The fourth-order valence-corrected chi connectivity index (χ4v) is 4.04. The summed E-state index contributed by atoms with van der Waals surface area (Å²) in [4.78, 5) is 9.05. The molecule has 2 unspecified atom stereocenters. The van der Waals surface area contributed by atoms with Gasteiger partial charge in [-0.25, -0.2) is 8.42 Å². The third-order valence-electron chi connectivity index (χ3n) is 5.83. The highest BCUT2D eigenvalue weighted by Crippen LogP contribution is 2.25. The normalized spacial score (nSPS) is 24.3. The lowest BCUT2D eigenvalue weighted by Crippen LogP contribution is -2.50. The molecule has 0 aromatic heterocycles. The van der Waals surface area contributed by atoms with Gasteiger partial charge in [0.05, 0.1) is 23.5 Å². The monoisotopic (exact) mass is 408 g/mol. The quantitative estimate of drug-likeness (QED) is 0.578. The van der Waals surface area contributed by atoms with E-state index >= 15 is 0 Å². The molecule has 1 N–H and O–H groups in total. The Kier molecular flexibility index (Phi) is 6.31. The van der Waals surface area contributed by atoms with E-state index in [-0.39, 0.29) is 6.10 Å². The smallest absolute Gasteiger partial charge is 0.193 e. The number of benzene rings is 1. The molecular formula is C20H32N4O3S. The van der Waals surface area contributed by atoms with Gasteiger partial charge in [-0.3, -0.25) is 9.89 Å². The fraction of sp³-hybridized carbons (Fsp3) is 0.650. The zero-order valence-corrected chi connectivity index (χ0v) is 18.1. The first-order chi connectivity index (χ1) is 13.2. The van der Waals surface area contributed by atoms with Gasteiger partial charge in [-0.15, -0.1) is 0 Å². The first kappa shape index (κ1) is 21.1. The van der Waals surface area contributed by atoms with Gasteiger partial charge in [0.15, 0.2) is 15.8 Å². The Morgan fingerprint density at radius 3 is 2.64 bits per heavy atom. The Morgan fingerprint density at radius 1 is 1.29 bits per heavy atom. The summed E-state index contributed by atoms with van der Waals surface area (Å²) in [6.07, 6.45) is 1.41. The molecule has 2 heterocycles. The maximum Gasteiger partial charge on any atom is 0.193 e. The first-order valence-corrected chi connectivity index (χ1v) is 11.7. The minimum Gasteiger partial charge on any atom is -0.373 e. The third kappa shape index (κ3) is 4.67. The predicted octanol–water partition coefficient (Wildman–Crippen LogP) is 0.970. The van der Waals surface area contributed by atoms with E-state index in [2.05, 4.69) is 44.4 Å². The van der Waals surface area contributed by atoms with Crippen LogP contribution < -0.4 is 5.32 Å². The van der Waals surface area contributed by atoms with Crippen LogP contribution >= 0.6 is 0 Å². The summed E-state index contributed by atoms with van der Waals surface area (Å²) in [7, 11) is -1.43. The maximum atomic E-state index is 12.0. The average Bonchev–Trinajstić information content (AvgIpc) is 3.07. The van der Waals surface area contributed by atoms with Crippen molar-refractivity contribution >= 4 is 15.8 Å². The number of hydrogen-bond donors (Lipinski definition) is 1. The molecular weight excluding hydrogens is 376 g/mol. The number of likely N-dealkylation sites (tertiary alicyclic amines) is 1.